The quantitative estimate of drug-likeness (QED) is 0.775. The van der Waals surface area contributed by atoms with E-state index in [-0.39, 0.29) is 5.41 Å². The summed E-state index contributed by atoms with van der Waals surface area (Å²) in [6, 6.07) is 0.738. The van der Waals surface area contributed by atoms with E-state index in [1.807, 2.05) is 0 Å². The van der Waals surface area contributed by atoms with Crippen molar-refractivity contribution in [2.75, 3.05) is 19.8 Å². The number of hydrogen-bond donors (Lipinski definition) is 1. The number of rotatable bonds is 5. The molecule has 2 fully saturated rings. The maximum atomic E-state index is 5.57. The summed E-state index contributed by atoms with van der Waals surface area (Å²) >= 11 is 0. The molecule has 6 heteroatoms. The highest BCUT2D eigenvalue weighted by molar-refractivity contribution is 4.96. The molecule has 2 heterocycles. The van der Waals surface area contributed by atoms with Crippen molar-refractivity contribution in [1.82, 2.24) is 25.5 Å². The van der Waals surface area contributed by atoms with Crippen LogP contribution in [-0.4, -0.2) is 46.0 Å². The molecule has 0 amide bonds. The minimum Gasteiger partial charge on any atom is -0.381 e. The van der Waals surface area contributed by atoms with E-state index in [4.69, 9.17) is 4.74 Å². The molecule has 1 saturated carbocycles. The Morgan fingerprint density at radius 3 is 3.00 bits per heavy atom. The maximum Gasteiger partial charge on any atom is 0.175 e. The molecule has 1 saturated heterocycles. The second-order valence-corrected chi connectivity index (χ2v) is 5.33. The Morgan fingerprint density at radius 1 is 1.53 bits per heavy atom. The molecule has 94 valence electrons. The Kier molecular flexibility index (Phi) is 2.84. The van der Waals surface area contributed by atoms with Crippen LogP contribution in [0.25, 0.3) is 0 Å². The molecule has 0 aromatic carbocycles. The highest BCUT2D eigenvalue weighted by Gasteiger charge is 2.37. The van der Waals surface area contributed by atoms with Gasteiger partial charge in [0.2, 0.25) is 0 Å². The summed E-state index contributed by atoms with van der Waals surface area (Å²) in [7, 11) is 1.80. The summed E-state index contributed by atoms with van der Waals surface area (Å²) in [5, 5.41) is 15.9. The lowest BCUT2D eigenvalue weighted by Gasteiger charge is -2.26. The van der Waals surface area contributed by atoms with Crippen LogP contribution in [0.1, 0.15) is 25.1 Å². The summed E-state index contributed by atoms with van der Waals surface area (Å²) in [6.07, 6.45) is 4.59. The van der Waals surface area contributed by atoms with Crippen LogP contribution < -0.4 is 5.32 Å². The van der Waals surface area contributed by atoms with Crippen molar-refractivity contribution in [1.29, 1.82) is 0 Å². The van der Waals surface area contributed by atoms with Gasteiger partial charge in [0.1, 0.15) is 0 Å². The topological polar surface area (TPSA) is 64.9 Å². The minimum atomic E-state index is 0.172. The molecule has 2 aliphatic rings. The molecule has 1 aliphatic carbocycles. The average molecular weight is 237 g/mol. The summed E-state index contributed by atoms with van der Waals surface area (Å²) in [4.78, 5) is 1.52. The van der Waals surface area contributed by atoms with Gasteiger partial charge >= 0.3 is 0 Å². The van der Waals surface area contributed by atoms with Crippen molar-refractivity contribution in [2.24, 2.45) is 12.5 Å². The van der Waals surface area contributed by atoms with Crippen molar-refractivity contribution in [3.05, 3.63) is 5.82 Å². The fraction of sp³-hybridized carbons (Fsp3) is 0.909. The largest absolute Gasteiger partial charge is 0.381 e. The number of ether oxygens (including phenoxy) is 1. The Morgan fingerprint density at radius 2 is 2.41 bits per heavy atom. The van der Waals surface area contributed by atoms with Crippen LogP contribution >= 0.6 is 0 Å². The lowest BCUT2D eigenvalue weighted by molar-refractivity contribution is 0.148. The zero-order valence-electron chi connectivity index (χ0n) is 10.2. The van der Waals surface area contributed by atoms with Crippen molar-refractivity contribution in [3.63, 3.8) is 0 Å². The van der Waals surface area contributed by atoms with Crippen LogP contribution in [0.5, 0.6) is 0 Å². The fourth-order valence-electron chi connectivity index (χ4n) is 2.37. The molecule has 17 heavy (non-hydrogen) atoms. The Balaban J connectivity index is 1.65. The Bertz CT molecular complexity index is 381. The normalized spacial score (nSPS) is 28.8. The van der Waals surface area contributed by atoms with Gasteiger partial charge in [-0.1, -0.05) is 0 Å². The Labute approximate surface area is 101 Å². The lowest BCUT2D eigenvalue weighted by Crippen LogP contribution is -2.38. The van der Waals surface area contributed by atoms with Crippen molar-refractivity contribution < 1.29 is 4.74 Å². The van der Waals surface area contributed by atoms with Crippen LogP contribution in [0.4, 0.5) is 0 Å². The summed E-state index contributed by atoms with van der Waals surface area (Å²) in [5.74, 6) is 0.829. The molecule has 1 aromatic rings. The third-order valence-electron chi connectivity index (χ3n) is 3.61. The highest BCUT2D eigenvalue weighted by Crippen LogP contribution is 2.32. The first-order chi connectivity index (χ1) is 8.26. The molecule has 6 nitrogen and oxygen atoms in total. The van der Waals surface area contributed by atoms with E-state index >= 15 is 0 Å². The van der Waals surface area contributed by atoms with E-state index in [0.717, 1.165) is 44.5 Å². The molecule has 0 radical (unpaired) electrons. The number of aryl methyl sites for hydroxylation is 1. The van der Waals surface area contributed by atoms with Gasteiger partial charge in [-0.2, -0.15) is 4.80 Å². The predicted molar refractivity (Wildman–Crippen MR) is 61.4 cm³/mol. The van der Waals surface area contributed by atoms with Gasteiger partial charge in [-0.05, 0) is 24.5 Å². The van der Waals surface area contributed by atoms with Gasteiger partial charge in [-0.3, -0.25) is 0 Å². The number of tetrazole rings is 1. The van der Waals surface area contributed by atoms with Crippen LogP contribution in [0.3, 0.4) is 0 Å². The number of nitrogens with zero attached hydrogens (tertiary/aromatic N) is 4. The summed E-state index contributed by atoms with van der Waals surface area (Å²) < 4.78 is 5.57. The van der Waals surface area contributed by atoms with Crippen LogP contribution in [0.2, 0.25) is 0 Å². The first-order valence-electron chi connectivity index (χ1n) is 6.30. The van der Waals surface area contributed by atoms with Crippen LogP contribution in [0.15, 0.2) is 0 Å². The van der Waals surface area contributed by atoms with Gasteiger partial charge in [-0.25, -0.2) is 0 Å². The molecule has 0 bridgehead atoms. The third-order valence-corrected chi connectivity index (χ3v) is 3.61. The SMILES string of the molecule is Cn1nnc(CC2(CNC3CC3)CCOC2)n1. The van der Waals surface area contributed by atoms with Crippen molar-refractivity contribution in [2.45, 2.75) is 31.7 Å². The van der Waals surface area contributed by atoms with Crippen LogP contribution in [-0.2, 0) is 18.2 Å². The van der Waals surface area contributed by atoms with Gasteiger partial charge in [-0.15, -0.1) is 10.2 Å². The van der Waals surface area contributed by atoms with Gasteiger partial charge in [0.05, 0.1) is 13.7 Å². The summed E-state index contributed by atoms with van der Waals surface area (Å²) in [5.41, 5.74) is 0.172. The zero-order valence-corrected chi connectivity index (χ0v) is 10.2. The molecule has 1 aromatic heterocycles. The zero-order chi connectivity index (χ0) is 11.7. The molecule has 0 spiro atoms. The lowest BCUT2D eigenvalue weighted by atomic mass is 9.83. The monoisotopic (exact) mass is 237 g/mol. The molecule has 3 rings (SSSR count). The van der Waals surface area contributed by atoms with Gasteiger partial charge < -0.3 is 10.1 Å². The second-order valence-electron chi connectivity index (χ2n) is 5.33. The minimum absolute atomic E-state index is 0.172. The highest BCUT2D eigenvalue weighted by atomic mass is 16.5. The van der Waals surface area contributed by atoms with E-state index in [0.29, 0.717) is 0 Å². The van der Waals surface area contributed by atoms with Crippen molar-refractivity contribution in [3.8, 4) is 0 Å². The second kappa shape index (κ2) is 4.34. The van der Waals surface area contributed by atoms with E-state index in [9.17, 15) is 0 Å². The summed E-state index contributed by atoms with van der Waals surface area (Å²) in [6.45, 7) is 2.67. The van der Waals surface area contributed by atoms with Gasteiger partial charge in [0, 0.05) is 31.0 Å². The third kappa shape index (κ3) is 2.63. The molecule has 1 unspecified atom stereocenters. The molecular weight excluding hydrogens is 218 g/mol. The smallest absolute Gasteiger partial charge is 0.175 e. The molecular formula is C11H19N5O. The van der Waals surface area contributed by atoms with Crippen LogP contribution in [0, 0.1) is 5.41 Å². The molecule has 1 N–H and O–H groups in total. The predicted octanol–water partition coefficient (Wildman–Crippen LogP) is -0.0887. The Hall–Kier alpha value is -1.01. The first-order valence-corrected chi connectivity index (χ1v) is 6.30. The number of nitrogens with one attached hydrogen (secondary N) is 1. The number of hydrogen-bond acceptors (Lipinski definition) is 5. The van der Waals surface area contributed by atoms with E-state index < -0.39 is 0 Å². The van der Waals surface area contributed by atoms with Crippen molar-refractivity contribution >= 4 is 0 Å². The van der Waals surface area contributed by atoms with Gasteiger partial charge in [0.15, 0.2) is 5.82 Å². The maximum absolute atomic E-state index is 5.57. The molecule has 1 aliphatic heterocycles. The van der Waals surface area contributed by atoms with E-state index in [1.54, 1.807) is 7.05 Å². The standard InChI is InChI=1S/C11H19N5O/c1-16-14-10(13-15-16)6-11(4-5-17-8-11)7-12-9-2-3-9/h9,12H,2-8H2,1H3. The average Bonchev–Trinajstić information content (AvgIpc) is 2.90. The molecule has 1 atom stereocenters. The van der Waals surface area contributed by atoms with Gasteiger partial charge in [0.25, 0.3) is 0 Å². The van der Waals surface area contributed by atoms with E-state index in [2.05, 4.69) is 20.7 Å². The fourth-order valence-corrected chi connectivity index (χ4v) is 2.37. The first kappa shape index (κ1) is 11.1. The van der Waals surface area contributed by atoms with E-state index in [1.165, 1.54) is 17.6 Å². The number of aromatic nitrogens is 4.